The van der Waals surface area contributed by atoms with Crippen LogP contribution in [-0.4, -0.2) is 36.6 Å². The topological polar surface area (TPSA) is 98.8 Å². The average molecular weight is 578 g/mol. The van der Waals surface area contributed by atoms with Crippen LogP contribution in [-0.2, 0) is 30.3 Å². The summed E-state index contributed by atoms with van der Waals surface area (Å²) in [6.45, 7) is 5.67. The van der Waals surface area contributed by atoms with Crippen LogP contribution in [0.5, 0.6) is 0 Å². The molecular formula is C31H31NO6S2. The van der Waals surface area contributed by atoms with E-state index in [0.717, 1.165) is 24.8 Å². The lowest BCUT2D eigenvalue weighted by atomic mass is 9.92. The maximum atomic E-state index is 13.5. The van der Waals surface area contributed by atoms with E-state index < -0.39 is 17.5 Å². The van der Waals surface area contributed by atoms with Gasteiger partial charge in [0.1, 0.15) is 18.8 Å². The molecule has 0 aliphatic carbocycles. The molecule has 0 spiro atoms. The van der Waals surface area contributed by atoms with Crippen molar-refractivity contribution in [2.75, 3.05) is 13.2 Å². The molecule has 1 amide bonds. The molecule has 0 unspecified atom stereocenters. The molecule has 40 heavy (non-hydrogen) atoms. The van der Waals surface area contributed by atoms with E-state index in [9.17, 15) is 19.2 Å². The van der Waals surface area contributed by atoms with Crippen molar-refractivity contribution in [3.8, 4) is 0 Å². The van der Waals surface area contributed by atoms with Crippen LogP contribution < -0.4 is 10.7 Å². The van der Waals surface area contributed by atoms with Gasteiger partial charge >= 0.3 is 11.9 Å². The van der Waals surface area contributed by atoms with Gasteiger partial charge in [-0.2, -0.15) is 0 Å². The molecule has 0 bridgehead atoms. The summed E-state index contributed by atoms with van der Waals surface area (Å²) in [6, 6.07) is 20.0. The number of benzene rings is 3. The Bertz CT molecular complexity index is 1610. The summed E-state index contributed by atoms with van der Waals surface area (Å²) in [6.07, 6.45) is 0.774. The Kier molecular flexibility index (Phi) is 9.27. The number of ether oxygens (including phenoxy) is 2. The molecule has 1 aromatic heterocycles. The van der Waals surface area contributed by atoms with Gasteiger partial charge in [0.05, 0.1) is 0 Å². The van der Waals surface area contributed by atoms with Gasteiger partial charge in [-0.1, -0.05) is 35.5 Å². The molecule has 4 rings (SSSR count). The van der Waals surface area contributed by atoms with Crippen molar-refractivity contribution in [1.29, 1.82) is 0 Å². The first-order valence-electron chi connectivity index (χ1n) is 12.8. The second kappa shape index (κ2) is 12.7. The van der Waals surface area contributed by atoms with Gasteiger partial charge in [-0.15, -0.1) is 11.3 Å². The zero-order valence-corrected chi connectivity index (χ0v) is 24.5. The van der Waals surface area contributed by atoms with E-state index in [4.69, 9.17) is 9.47 Å². The quantitative estimate of drug-likeness (QED) is 0.188. The lowest BCUT2D eigenvalue weighted by molar-refractivity contribution is -0.150. The number of esters is 2. The molecule has 208 valence electrons. The van der Waals surface area contributed by atoms with Gasteiger partial charge in [-0.05, 0) is 67.8 Å². The fourth-order valence-electron chi connectivity index (χ4n) is 4.40. The van der Waals surface area contributed by atoms with Crippen LogP contribution in [0.1, 0.15) is 38.3 Å². The summed E-state index contributed by atoms with van der Waals surface area (Å²) in [4.78, 5) is 50.7. The van der Waals surface area contributed by atoms with Crippen LogP contribution >= 0.6 is 23.1 Å². The maximum Gasteiger partial charge on any atom is 0.302 e. The number of rotatable bonds is 10. The molecule has 1 N–H and O–H groups in total. The van der Waals surface area contributed by atoms with Crippen molar-refractivity contribution in [1.82, 2.24) is 5.32 Å². The van der Waals surface area contributed by atoms with Gasteiger partial charge < -0.3 is 14.8 Å². The Balaban J connectivity index is 1.61. The summed E-state index contributed by atoms with van der Waals surface area (Å²) >= 11 is 3.23. The molecular weight excluding hydrogens is 546 g/mol. The van der Waals surface area contributed by atoms with E-state index in [2.05, 4.69) is 42.6 Å². The molecule has 7 nitrogen and oxygen atoms in total. The Morgan fingerprint density at radius 3 is 2.10 bits per heavy atom. The zero-order valence-electron chi connectivity index (χ0n) is 22.9. The van der Waals surface area contributed by atoms with Crippen LogP contribution in [0.4, 0.5) is 0 Å². The highest BCUT2D eigenvalue weighted by molar-refractivity contribution is 7.99. The highest BCUT2D eigenvalue weighted by Gasteiger charge is 2.34. The minimum Gasteiger partial charge on any atom is -0.463 e. The van der Waals surface area contributed by atoms with Crippen molar-refractivity contribution in [2.24, 2.45) is 0 Å². The molecule has 0 atom stereocenters. The van der Waals surface area contributed by atoms with Crippen molar-refractivity contribution >= 4 is 61.1 Å². The number of fused-ring (bicyclic) bond motifs is 2. The van der Waals surface area contributed by atoms with E-state index in [1.54, 1.807) is 23.1 Å². The molecule has 1 heterocycles. The number of nitrogens with one attached hydrogen (secondary N) is 1. The van der Waals surface area contributed by atoms with Crippen LogP contribution in [0.3, 0.4) is 0 Å². The third kappa shape index (κ3) is 7.49. The predicted molar refractivity (Wildman–Crippen MR) is 159 cm³/mol. The Labute approximate surface area is 240 Å². The Morgan fingerprint density at radius 2 is 1.48 bits per heavy atom. The second-order valence-corrected chi connectivity index (χ2v) is 12.1. The van der Waals surface area contributed by atoms with Crippen LogP contribution in [0, 0.1) is 6.92 Å². The average Bonchev–Trinajstić information content (AvgIpc) is 2.90. The summed E-state index contributed by atoms with van der Waals surface area (Å²) < 4.78 is 12.3. The molecule has 0 radical (unpaired) electrons. The number of carbonyl (C=O) groups excluding carboxylic acids is 3. The Morgan fingerprint density at radius 1 is 0.825 bits per heavy atom. The summed E-state index contributed by atoms with van der Waals surface area (Å²) in [5.41, 5.74) is 0.950. The van der Waals surface area contributed by atoms with Gasteiger partial charge in [0, 0.05) is 50.7 Å². The first-order chi connectivity index (χ1) is 19.0. The zero-order chi connectivity index (χ0) is 28.9. The fourth-order valence-corrected chi connectivity index (χ4v) is 6.42. The van der Waals surface area contributed by atoms with Crippen LogP contribution in [0.2, 0.25) is 0 Å². The minimum absolute atomic E-state index is 0.0366. The highest BCUT2D eigenvalue weighted by Crippen LogP contribution is 2.33. The number of hydrogen-bond acceptors (Lipinski definition) is 8. The predicted octanol–water partition coefficient (Wildman–Crippen LogP) is 5.81. The third-order valence-corrected chi connectivity index (χ3v) is 8.53. The van der Waals surface area contributed by atoms with Gasteiger partial charge in [0.25, 0.3) is 0 Å². The highest BCUT2D eigenvalue weighted by atomic mass is 32.2. The lowest BCUT2D eigenvalue weighted by Crippen LogP contribution is -2.55. The number of amides is 1. The molecule has 0 saturated heterocycles. The van der Waals surface area contributed by atoms with Crippen molar-refractivity contribution in [3.05, 3.63) is 82.0 Å². The van der Waals surface area contributed by atoms with E-state index >= 15 is 0 Å². The third-order valence-electron chi connectivity index (χ3n) is 6.40. The normalized spacial score (nSPS) is 11.4. The van der Waals surface area contributed by atoms with Crippen molar-refractivity contribution in [3.63, 3.8) is 0 Å². The van der Waals surface area contributed by atoms with Gasteiger partial charge in [0.15, 0.2) is 5.43 Å². The van der Waals surface area contributed by atoms with E-state index in [1.165, 1.54) is 26.3 Å². The monoisotopic (exact) mass is 577 g/mol. The smallest absolute Gasteiger partial charge is 0.302 e. The number of aryl methyl sites for hydroxylation is 2. The standard InChI is InChI=1S/C31H31NO6S2/c1-19-5-8-24(9-6-19)39-25-10-11-26-29(16-25)40-28-12-7-23(15-27(28)30(26)36)13-14-31(32-20(2)33,17-37-21(3)34)18-38-22(4)35/h5-12,15-16H,13-14,17-18H2,1-4H3,(H,32,33). The first kappa shape index (κ1) is 29.3. The van der Waals surface area contributed by atoms with Crippen LogP contribution in [0.25, 0.3) is 20.2 Å². The van der Waals surface area contributed by atoms with Crippen molar-refractivity contribution < 1.29 is 23.9 Å². The summed E-state index contributed by atoms with van der Waals surface area (Å²) in [5, 5.41) is 4.11. The van der Waals surface area contributed by atoms with Gasteiger partial charge in [-0.25, -0.2) is 0 Å². The van der Waals surface area contributed by atoms with E-state index in [0.29, 0.717) is 23.6 Å². The fraction of sp³-hybridized carbons (Fsp3) is 0.290. The van der Waals surface area contributed by atoms with Gasteiger partial charge in [-0.3, -0.25) is 19.2 Å². The first-order valence-corrected chi connectivity index (χ1v) is 14.5. The molecule has 9 heteroatoms. The summed E-state index contributed by atoms with van der Waals surface area (Å²) in [7, 11) is 0. The maximum absolute atomic E-state index is 13.5. The Hall–Kier alpha value is -3.69. The van der Waals surface area contributed by atoms with Crippen LogP contribution in [0.15, 0.2) is 75.2 Å². The lowest BCUT2D eigenvalue weighted by Gasteiger charge is -2.33. The van der Waals surface area contributed by atoms with E-state index in [-0.39, 0.29) is 24.5 Å². The summed E-state index contributed by atoms with van der Waals surface area (Å²) in [5.74, 6) is -1.35. The van der Waals surface area contributed by atoms with E-state index in [1.807, 2.05) is 30.3 Å². The molecule has 3 aromatic carbocycles. The molecule has 0 saturated carbocycles. The second-order valence-electron chi connectivity index (χ2n) is 9.86. The number of carbonyl (C=O) groups is 3. The van der Waals surface area contributed by atoms with Crippen molar-refractivity contribution in [2.45, 2.75) is 55.9 Å². The minimum atomic E-state index is -1.10. The van der Waals surface area contributed by atoms with Gasteiger partial charge in [0.2, 0.25) is 5.91 Å². The largest absolute Gasteiger partial charge is 0.463 e. The molecule has 4 aromatic rings. The number of hydrogen-bond donors (Lipinski definition) is 1. The SMILES string of the molecule is CC(=O)NC(CCc1ccc2sc3cc(Sc4ccc(C)cc4)ccc3c(=O)c2c1)(COC(C)=O)COC(C)=O. The molecule has 0 aliphatic heterocycles. The molecule has 0 aliphatic rings. The molecule has 0 fully saturated rings.